The molecule has 0 aliphatic heterocycles. The summed E-state index contributed by atoms with van der Waals surface area (Å²) in [6, 6.07) is 2.54. The zero-order valence-electron chi connectivity index (χ0n) is 11.5. The molecule has 0 saturated heterocycles. The first-order valence-electron chi connectivity index (χ1n) is 7.02. The monoisotopic (exact) mass is 248 g/mol. The largest absolute Gasteiger partial charge is 0.367 e. The van der Waals surface area contributed by atoms with Gasteiger partial charge in [0, 0.05) is 26.3 Å². The average molecular weight is 248 g/mol. The Labute approximate surface area is 110 Å². The van der Waals surface area contributed by atoms with Gasteiger partial charge in [-0.3, -0.25) is 0 Å². The highest BCUT2D eigenvalue weighted by Crippen LogP contribution is 2.20. The zero-order valence-corrected chi connectivity index (χ0v) is 11.5. The predicted molar refractivity (Wildman–Crippen MR) is 76.1 cm³/mol. The van der Waals surface area contributed by atoms with Gasteiger partial charge in [-0.2, -0.15) is 4.98 Å². The first kappa shape index (κ1) is 13.1. The summed E-state index contributed by atoms with van der Waals surface area (Å²) in [6.07, 6.45) is 11.2. The third kappa shape index (κ3) is 3.86. The van der Waals surface area contributed by atoms with Gasteiger partial charge in [0.1, 0.15) is 5.82 Å². The summed E-state index contributed by atoms with van der Waals surface area (Å²) in [7, 11) is 3.93. The van der Waals surface area contributed by atoms with E-state index in [-0.39, 0.29) is 0 Å². The van der Waals surface area contributed by atoms with Crippen molar-refractivity contribution in [1.29, 1.82) is 0 Å². The van der Waals surface area contributed by atoms with E-state index in [0.717, 1.165) is 11.8 Å². The van der Waals surface area contributed by atoms with E-state index in [1.807, 2.05) is 31.3 Å². The summed E-state index contributed by atoms with van der Waals surface area (Å²) in [4.78, 5) is 10.7. The Bertz CT molecular complexity index is 357. The molecule has 2 rings (SSSR count). The predicted octanol–water partition coefficient (Wildman–Crippen LogP) is 3.07. The zero-order chi connectivity index (χ0) is 12.8. The van der Waals surface area contributed by atoms with Gasteiger partial charge in [-0.1, -0.05) is 32.1 Å². The smallest absolute Gasteiger partial charge is 0.226 e. The maximum atomic E-state index is 4.52. The van der Waals surface area contributed by atoms with E-state index in [9.17, 15) is 0 Å². The van der Waals surface area contributed by atoms with Gasteiger partial charge in [0.05, 0.1) is 0 Å². The third-order valence-corrected chi connectivity index (χ3v) is 3.50. The second-order valence-electron chi connectivity index (χ2n) is 5.32. The van der Waals surface area contributed by atoms with Crippen molar-refractivity contribution in [2.75, 3.05) is 24.3 Å². The quantitative estimate of drug-likeness (QED) is 0.892. The summed E-state index contributed by atoms with van der Waals surface area (Å²) >= 11 is 0. The minimum absolute atomic E-state index is 0.579. The first-order chi connectivity index (χ1) is 8.75. The fraction of sp³-hybridized carbons (Fsp3) is 0.714. The lowest BCUT2D eigenvalue weighted by Crippen LogP contribution is -2.22. The summed E-state index contributed by atoms with van der Waals surface area (Å²) in [6.45, 7) is 0. The van der Waals surface area contributed by atoms with Crippen LogP contribution in [0.25, 0.3) is 0 Å². The Morgan fingerprint density at radius 3 is 2.44 bits per heavy atom. The molecule has 1 aliphatic rings. The number of nitrogens with zero attached hydrogens (tertiary/aromatic N) is 3. The van der Waals surface area contributed by atoms with Crippen LogP contribution in [-0.2, 0) is 0 Å². The molecule has 18 heavy (non-hydrogen) atoms. The molecular formula is C14H24N4. The van der Waals surface area contributed by atoms with Crippen LogP contribution in [0.2, 0.25) is 0 Å². The van der Waals surface area contributed by atoms with Crippen LogP contribution in [0.4, 0.5) is 11.8 Å². The molecule has 1 aromatic heterocycles. The number of hydrogen-bond acceptors (Lipinski definition) is 4. The van der Waals surface area contributed by atoms with Gasteiger partial charge in [-0.05, 0) is 18.9 Å². The maximum Gasteiger partial charge on any atom is 0.226 e. The van der Waals surface area contributed by atoms with Gasteiger partial charge in [-0.15, -0.1) is 0 Å². The van der Waals surface area contributed by atoms with Crippen molar-refractivity contribution in [3.05, 3.63) is 12.3 Å². The molecule has 1 fully saturated rings. The van der Waals surface area contributed by atoms with Crippen molar-refractivity contribution in [3.8, 4) is 0 Å². The number of aromatic nitrogens is 2. The van der Waals surface area contributed by atoms with Crippen LogP contribution in [0.15, 0.2) is 12.3 Å². The summed E-state index contributed by atoms with van der Waals surface area (Å²) in [5.41, 5.74) is 0. The van der Waals surface area contributed by atoms with E-state index in [0.29, 0.717) is 6.04 Å². The highest BCUT2D eigenvalue weighted by Gasteiger charge is 2.12. The molecular weight excluding hydrogens is 224 g/mol. The fourth-order valence-corrected chi connectivity index (χ4v) is 2.45. The Morgan fingerprint density at radius 2 is 1.78 bits per heavy atom. The Balaban J connectivity index is 1.96. The van der Waals surface area contributed by atoms with E-state index < -0.39 is 0 Å². The second-order valence-corrected chi connectivity index (χ2v) is 5.32. The molecule has 0 aromatic carbocycles. The molecule has 1 aliphatic carbocycles. The Kier molecular flexibility index (Phi) is 4.79. The van der Waals surface area contributed by atoms with E-state index >= 15 is 0 Å². The Morgan fingerprint density at radius 1 is 1.11 bits per heavy atom. The highest BCUT2D eigenvalue weighted by molar-refractivity contribution is 5.41. The fourth-order valence-electron chi connectivity index (χ4n) is 2.45. The van der Waals surface area contributed by atoms with Crippen molar-refractivity contribution in [1.82, 2.24) is 9.97 Å². The molecule has 4 nitrogen and oxygen atoms in total. The van der Waals surface area contributed by atoms with Gasteiger partial charge < -0.3 is 10.2 Å². The highest BCUT2D eigenvalue weighted by atomic mass is 15.2. The third-order valence-electron chi connectivity index (χ3n) is 3.50. The lowest BCUT2D eigenvalue weighted by atomic mass is 9.97. The number of nitrogens with one attached hydrogen (secondary N) is 1. The first-order valence-corrected chi connectivity index (χ1v) is 7.02. The molecule has 0 amide bonds. The van der Waals surface area contributed by atoms with Gasteiger partial charge in [0.25, 0.3) is 0 Å². The van der Waals surface area contributed by atoms with E-state index in [1.165, 1.54) is 44.9 Å². The molecule has 0 bridgehead atoms. The second kappa shape index (κ2) is 6.57. The topological polar surface area (TPSA) is 41.1 Å². The molecule has 0 atom stereocenters. The molecule has 1 heterocycles. The van der Waals surface area contributed by atoms with E-state index in [2.05, 4.69) is 15.3 Å². The van der Waals surface area contributed by atoms with Crippen molar-refractivity contribution < 1.29 is 0 Å². The molecule has 0 unspecified atom stereocenters. The number of anilines is 2. The van der Waals surface area contributed by atoms with E-state index in [4.69, 9.17) is 0 Å². The molecule has 4 heteroatoms. The summed E-state index contributed by atoms with van der Waals surface area (Å²) in [5, 5.41) is 3.57. The van der Waals surface area contributed by atoms with Crippen molar-refractivity contribution in [2.24, 2.45) is 0 Å². The van der Waals surface area contributed by atoms with Crippen molar-refractivity contribution >= 4 is 11.8 Å². The molecule has 0 radical (unpaired) electrons. The number of hydrogen-bond donors (Lipinski definition) is 1. The van der Waals surface area contributed by atoms with Gasteiger partial charge >= 0.3 is 0 Å². The minimum Gasteiger partial charge on any atom is -0.367 e. The Hall–Kier alpha value is -1.32. The average Bonchev–Trinajstić information content (AvgIpc) is 2.33. The van der Waals surface area contributed by atoms with Gasteiger partial charge in [-0.25, -0.2) is 4.98 Å². The van der Waals surface area contributed by atoms with Crippen LogP contribution >= 0.6 is 0 Å². The van der Waals surface area contributed by atoms with Crippen molar-refractivity contribution in [3.63, 3.8) is 0 Å². The molecule has 1 aromatic rings. The van der Waals surface area contributed by atoms with E-state index in [1.54, 1.807) is 0 Å². The van der Waals surface area contributed by atoms with Crippen LogP contribution < -0.4 is 10.2 Å². The molecule has 1 saturated carbocycles. The van der Waals surface area contributed by atoms with Crippen LogP contribution in [0.5, 0.6) is 0 Å². The van der Waals surface area contributed by atoms with Crippen LogP contribution in [-0.4, -0.2) is 30.1 Å². The lowest BCUT2D eigenvalue weighted by molar-refractivity contribution is 0.470. The lowest BCUT2D eigenvalue weighted by Gasteiger charge is -2.22. The van der Waals surface area contributed by atoms with Gasteiger partial charge in [0.2, 0.25) is 5.95 Å². The molecule has 100 valence electrons. The van der Waals surface area contributed by atoms with Crippen LogP contribution in [0.3, 0.4) is 0 Å². The van der Waals surface area contributed by atoms with Crippen LogP contribution in [0.1, 0.15) is 44.9 Å². The maximum absolute atomic E-state index is 4.52. The number of rotatable bonds is 3. The van der Waals surface area contributed by atoms with Crippen LogP contribution in [0, 0.1) is 0 Å². The molecule has 0 spiro atoms. The summed E-state index contributed by atoms with van der Waals surface area (Å²) < 4.78 is 0. The SMILES string of the molecule is CN(C)c1nccc(NC2CCCCCCC2)n1. The molecule has 1 N–H and O–H groups in total. The minimum atomic E-state index is 0.579. The van der Waals surface area contributed by atoms with Gasteiger partial charge in [0.15, 0.2) is 0 Å². The van der Waals surface area contributed by atoms with Crippen molar-refractivity contribution in [2.45, 2.75) is 51.0 Å². The normalized spacial score (nSPS) is 17.9. The summed E-state index contributed by atoms with van der Waals surface area (Å²) in [5.74, 6) is 1.73. The standard InChI is InChI=1S/C14H24N4/c1-18(2)14-15-11-10-13(17-14)16-12-8-6-4-3-5-7-9-12/h10-12H,3-9H2,1-2H3,(H,15,16,17).